The number of hydrazine groups is 1. The van der Waals surface area contributed by atoms with E-state index in [-0.39, 0.29) is 11.7 Å². The van der Waals surface area contributed by atoms with Gasteiger partial charge in [-0.1, -0.05) is 25.7 Å². The van der Waals surface area contributed by atoms with Gasteiger partial charge >= 0.3 is 0 Å². The summed E-state index contributed by atoms with van der Waals surface area (Å²) in [6.45, 7) is 0. The van der Waals surface area contributed by atoms with E-state index < -0.39 is 12.1 Å². The lowest BCUT2D eigenvalue weighted by molar-refractivity contribution is -0.671. The van der Waals surface area contributed by atoms with Crippen LogP contribution in [0.15, 0.2) is 52.7 Å². The van der Waals surface area contributed by atoms with Crippen molar-refractivity contribution < 1.29 is 13.7 Å². The Morgan fingerprint density at radius 2 is 1.74 bits per heavy atom. The Labute approximate surface area is 201 Å². The molecular formula is C25H35FN7O+. The molecule has 1 aliphatic carbocycles. The number of benzene rings is 1. The third-order valence-corrected chi connectivity index (χ3v) is 6.70. The first-order valence-corrected chi connectivity index (χ1v) is 11.8. The second-order valence-electron chi connectivity index (χ2n) is 9.05. The zero-order valence-corrected chi connectivity index (χ0v) is 20.5. The van der Waals surface area contributed by atoms with Crippen LogP contribution in [0.3, 0.4) is 0 Å². The van der Waals surface area contributed by atoms with Gasteiger partial charge in [0, 0.05) is 43.9 Å². The van der Waals surface area contributed by atoms with E-state index in [0.717, 1.165) is 24.4 Å². The fourth-order valence-electron chi connectivity index (χ4n) is 4.57. The maximum absolute atomic E-state index is 14.5. The van der Waals surface area contributed by atoms with Crippen LogP contribution in [0.25, 0.3) is 0 Å². The Hall–Kier alpha value is -3.20. The molecule has 1 aliphatic heterocycles. The van der Waals surface area contributed by atoms with Crippen LogP contribution in [0.4, 0.5) is 15.8 Å². The molecule has 1 aromatic carbocycles. The molecule has 0 radical (unpaired) electrons. The second-order valence-corrected chi connectivity index (χ2v) is 9.05. The number of aromatic nitrogens is 1. The molecule has 0 bridgehead atoms. The number of pyridine rings is 1. The van der Waals surface area contributed by atoms with E-state index in [4.69, 9.17) is 20.6 Å². The van der Waals surface area contributed by atoms with Crippen molar-refractivity contribution in [1.29, 1.82) is 0 Å². The molecule has 2 aliphatic rings. The highest BCUT2D eigenvalue weighted by molar-refractivity contribution is 6.05. The molecule has 8 nitrogen and oxygen atoms in total. The van der Waals surface area contributed by atoms with Gasteiger partial charge in [-0.05, 0) is 25.0 Å². The largest absolute Gasteiger partial charge is 0.494 e. The maximum Gasteiger partial charge on any atom is 0.225 e. The number of rotatable bonds is 5. The monoisotopic (exact) mass is 468 g/mol. The van der Waals surface area contributed by atoms with Crippen LogP contribution in [-0.2, 0) is 7.05 Å². The van der Waals surface area contributed by atoms with Gasteiger partial charge in [-0.15, -0.1) is 0 Å². The first kappa shape index (κ1) is 23.9. The molecule has 0 saturated heterocycles. The summed E-state index contributed by atoms with van der Waals surface area (Å²) in [5, 5.41) is 1.55. The molecule has 1 unspecified atom stereocenters. The van der Waals surface area contributed by atoms with Crippen molar-refractivity contribution >= 4 is 23.2 Å². The van der Waals surface area contributed by atoms with Gasteiger partial charge < -0.3 is 14.5 Å². The highest BCUT2D eigenvalue weighted by Gasteiger charge is 2.33. The van der Waals surface area contributed by atoms with E-state index in [1.807, 2.05) is 55.1 Å². The Morgan fingerprint density at radius 3 is 2.35 bits per heavy atom. The van der Waals surface area contributed by atoms with Crippen LogP contribution in [0, 0.1) is 11.7 Å². The number of ether oxygens (including phenoxy) is 1. The Balaban J connectivity index is 1.71. The lowest BCUT2D eigenvalue weighted by atomic mass is 9.99. The number of nitrogens with two attached hydrogens (primary N) is 1. The van der Waals surface area contributed by atoms with Gasteiger partial charge in [0.1, 0.15) is 12.9 Å². The van der Waals surface area contributed by atoms with Crippen LogP contribution in [0.1, 0.15) is 38.5 Å². The molecule has 1 fully saturated rings. The average Bonchev–Trinajstić information content (AvgIpc) is 3.13. The molecule has 2 N–H and O–H groups in total. The molecule has 1 saturated carbocycles. The fourth-order valence-corrected chi connectivity index (χ4v) is 4.57. The summed E-state index contributed by atoms with van der Waals surface area (Å²) in [7, 11) is 7.25. The number of methoxy groups -OCH3 is 1. The second kappa shape index (κ2) is 10.4. The lowest BCUT2D eigenvalue weighted by Crippen LogP contribution is -2.59. The van der Waals surface area contributed by atoms with Crippen LogP contribution in [-0.4, -0.2) is 44.3 Å². The summed E-state index contributed by atoms with van der Waals surface area (Å²) >= 11 is 0. The average molecular weight is 469 g/mol. The number of aryl methyl sites for hydroxylation is 1. The summed E-state index contributed by atoms with van der Waals surface area (Å²) in [4.78, 5) is 13.8. The molecule has 34 heavy (non-hydrogen) atoms. The van der Waals surface area contributed by atoms with Crippen molar-refractivity contribution in [1.82, 2.24) is 5.01 Å². The van der Waals surface area contributed by atoms with Crippen LogP contribution < -0.4 is 24.9 Å². The zero-order valence-electron chi connectivity index (χ0n) is 20.5. The number of anilines is 2. The van der Waals surface area contributed by atoms with Crippen molar-refractivity contribution in [2.24, 2.45) is 28.8 Å². The minimum absolute atomic E-state index is 0.197. The summed E-state index contributed by atoms with van der Waals surface area (Å²) in [5.74, 6) is 8.03. The van der Waals surface area contributed by atoms with Crippen LogP contribution in [0.2, 0.25) is 0 Å². The minimum atomic E-state index is -0.482. The lowest BCUT2D eigenvalue weighted by Gasteiger charge is -2.40. The smallest absolute Gasteiger partial charge is 0.225 e. The Kier molecular flexibility index (Phi) is 7.31. The SMILES string of the molecule is COc1ccc(N(C)C2=NC(C3CCCCCC3)=NC(N(C)c3cc[n+](C)cc3)N2N)cc1F. The standard InChI is InChI=1S/C25H35FN7O/c1-30-15-13-19(14-16-30)31(2)24-28-23(18-9-7-5-6-8-10-18)29-25(33(24)27)32(3)20-11-12-22(34-4)21(26)17-20/h11-18,24H,5-10,27H2,1-4H3/q+1. The highest BCUT2D eigenvalue weighted by Crippen LogP contribution is 2.29. The summed E-state index contributed by atoms with van der Waals surface area (Å²) in [5.41, 5.74) is 1.62. The van der Waals surface area contributed by atoms with E-state index in [0.29, 0.717) is 11.6 Å². The van der Waals surface area contributed by atoms with Gasteiger partial charge in [0.2, 0.25) is 12.2 Å². The van der Waals surface area contributed by atoms with Crippen molar-refractivity contribution in [3.8, 4) is 5.75 Å². The molecule has 1 atom stereocenters. The van der Waals surface area contributed by atoms with Gasteiger partial charge in [-0.2, -0.15) is 4.99 Å². The molecule has 4 rings (SSSR count). The summed E-state index contributed by atoms with van der Waals surface area (Å²) < 4.78 is 21.5. The predicted molar refractivity (Wildman–Crippen MR) is 133 cm³/mol. The topological polar surface area (TPSA) is 73.6 Å². The quantitative estimate of drug-likeness (QED) is 0.414. The minimum Gasteiger partial charge on any atom is -0.494 e. The van der Waals surface area contributed by atoms with Crippen LogP contribution in [0.5, 0.6) is 5.75 Å². The Bertz CT molecular complexity index is 1050. The number of amidine groups is 1. The van der Waals surface area contributed by atoms with E-state index in [1.54, 1.807) is 22.0 Å². The molecule has 182 valence electrons. The fraction of sp³-hybridized carbons (Fsp3) is 0.480. The number of hydrogen-bond acceptors (Lipinski definition) is 7. The van der Waals surface area contributed by atoms with Crippen molar-refractivity contribution in [2.75, 3.05) is 31.0 Å². The maximum atomic E-state index is 14.5. The molecule has 0 spiro atoms. The number of halogens is 1. The van der Waals surface area contributed by atoms with Crippen molar-refractivity contribution in [2.45, 2.75) is 44.8 Å². The van der Waals surface area contributed by atoms with Crippen molar-refractivity contribution in [3.05, 3.63) is 48.5 Å². The van der Waals surface area contributed by atoms with Gasteiger partial charge in [-0.25, -0.2) is 24.8 Å². The number of nitrogens with zero attached hydrogens (tertiary/aromatic N) is 6. The predicted octanol–water partition coefficient (Wildman–Crippen LogP) is 3.43. The number of guanidine groups is 1. The molecule has 2 heterocycles. The number of aliphatic imine (C=N–C) groups is 2. The molecule has 9 heteroatoms. The van der Waals surface area contributed by atoms with Crippen LogP contribution >= 0.6 is 0 Å². The zero-order chi connectivity index (χ0) is 24.2. The molecular weight excluding hydrogens is 433 g/mol. The number of hydrogen-bond donors (Lipinski definition) is 1. The van der Waals surface area contributed by atoms with E-state index in [1.165, 1.54) is 38.9 Å². The summed E-state index contributed by atoms with van der Waals surface area (Å²) in [6.07, 6.45) is 10.5. The molecule has 0 amide bonds. The van der Waals surface area contributed by atoms with E-state index in [2.05, 4.69) is 0 Å². The first-order valence-electron chi connectivity index (χ1n) is 11.8. The Morgan fingerprint density at radius 1 is 1.06 bits per heavy atom. The van der Waals surface area contributed by atoms with E-state index >= 15 is 0 Å². The van der Waals surface area contributed by atoms with Crippen molar-refractivity contribution in [3.63, 3.8) is 0 Å². The molecule has 2 aromatic rings. The normalized spacial score (nSPS) is 19.2. The third-order valence-electron chi connectivity index (χ3n) is 6.70. The molecule has 1 aromatic heterocycles. The third kappa shape index (κ3) is 4.99. The van der Waals surface area contributed by atoms with E-state index in [9.17, 15) is 4.39 Å². The van der Waals surface area contributed by atoms with Gasteiger partial charge in [0.05, 0.1) is 12.8 Å². The van der Waals surface area contributed by atoms with Gasteiger partial charge in [0.25, 0.3) is 0 Å². The van der Waals surface area contributed by atoms with Gasteiger partial charge in [-0.3, -0.25) is 0 Å². The highest BCUT2D eigenvalue weighted by atomic mass is 19.1. The first-order chi connectivity index (χ1) is 16.4. The van der Waals surface area contributed by atoms with Gasteiger partial charge in [0.15, 0.2) is 24.0 Å². The summed E-state index contributed by atoms with van der Waals surface area (Å²) in [6, 6.07) is 8.90.